The zero-order valence-electron chi connectivity index (χ0n) is 7.45. The minimum atomic E-state index is -0.257. The summed E-state index contributed by atoms with van der Waals surface area (Å²) >= 11 is 0. The number of aromatic nitrogens is 2. The maximum absolute atomic E-state index is 10.9. The highest BCUT2D eigenvalue weighted by Gasteiger charge is 2.47. The summed E-state index contributed by atoms with van der Waals surface area (Å²) in [7, 11) is 0. The third-order valence-corrected chi connectivity index (χ3v) is 2.16. The maximum atomic E-state index is 10.9. The van der Waals surface area contributed by atoms with Crippen molar-refractivity contribution in [2.75, 3.05) is 0 Å². The lowest BCUT2D eigenvalue weighted by atomic mass is 10.2. The van der Waals surface area contributed by atoms with Gasteiger partial charge in [0.15, 0.2) is 5.82 Å². The molecule has 0 unspecified atom stereocenters. The monoisotopic (exact) mass is 177 g/mol. The number of carbonyl (C=O) groups excluding carboxylic acids is 1. The van der Waals surface area contributed by atoms with E-state index in [1.54, 1.807) is 18.5 Å². The molecule has 0 radical (unpaired) electrons. The number of amides is 1. The molecule has 1 heterocycles. The number of carbonyl (C=O) groups is 1. The first-order valence-corrected chi connectivity index (χ1v) is 4.29. The first-order chi connectivity index (χ1) is 6.23. The number of nitrogens with one attached hydrogen (secondary N) is 1. The number of rotatable bonds is 2. The van der Waals surface area contributed by atoms with Crippen LogP contribution in [0, 0.1) is 0 Å². The SMILES string of the molecule is CC(=O)NC1(c2ncccn2)CC1. The van der Waals surface area contributed by atoms with Crippen molar-refractivity contribution in [1.29, 1.82) is 0 Å². The summed E-state index contributed by atoms with van der Waals surface area (Å²) in [6.45, 7) is 1.52. The molecule has 0 aliphatic heterocycles. The van der Waals surface area contributed by atoms with Gasteiger partial charge in [0.1, 0.15) is 0 Å². The highest BCUT2D eigenvalue weighted by molar-refractivity contribution is 5.74. The molecule has 0 bridgehead atoms. The number of hydrogen-bond acceptors (Lipinski definition) is 3. The van der Waals surface area contributed by atoms with Crippen molar-refractivity contribution in [1.82, 2.24) is 15.3 Å². The van der Waals surface area contributed by atoms with Gasteiger partial charge in [0.05, 0.1) is 5.54 Å². The van der Waals surface area contributed by atoms with E-state index in [1.165, 1.54) is 6.92 Å². The highest BCUT2D eigenvalue weighted by atomic mass is 16.1. The summed E-state index contributed by atoms with van der Waals surface area (Å²) in [6, 6.07) is 1.77. The molecule has 4 nitrogen and oxygen atoms in total. The Morgan fingerprint density at radius 2 is 2.08 bits per heavy atom. The van der Waals surface area contributed by atoms with Crippen LogP contribution in [0.5, 0.6) is 0 Å². The molecule has 1 aromatic heterocycles. The molecule has 4 heteroatoms. The molecule has 0 atom stereocenters. The fraction of sp³-hybridized carbons (Fsp3) is 0.444. The molecule has 0 saturated heterocycles. The average Bonchev–Trinajstić information content (AvgIpc) is 2.86. The van der Waals surface area contributed by atoms with Gasteiger partial charge >= 0.3 is 0 Å². The van der Waals surface area contributed by atoms with Crippen LogP contribution in [-0.2, 0) is 10.3 Å². The van der Waals surface area contributed by atoms with E-state index < -0.39 is 0 Å². The van der Waals surface area contributed by atoms with Gasteiger partial charge < -0.3 is 5.32 Å². The van der Waals surface area contributed by atoms with Crippen molar-refractivity contribution in [3.05, 3.63) is 24.3 Å². The van der Waals surface area contributed by atoms with Crippen molar-refractivity contribution < 1.29 is 4.79 Å². The van der Waals surface area contributed by atoms with Crippen molar-refractivity contribution in [3.63, 3.8) is 0 Å². The Kier molecular flexibility index (Phi) is 1.76. The summed E-state index contributed by atoms with van der Waals surface area (Å²) in [6.07, 6.45) is 5.28. The van der Waals surface area contributed by atoms with Crippen LogP contribution in [0.2, 0.25) is 0 Å². The van der Waals surface area contributed by atoms with Crippen molar-refractivity contribution >= 4 is 5.91 Å². The maximum Gasteiger partial charge on any atom is 0.217 e. The van der Waals surface area contributed by atoms with Crippen molar-refractivity contribution in [2.24, 2.45) is 0 Å². The lowest BCUT2D eigenvalue weighted by Gasteiger charge is -2.13. The Balaban J connectivity index is 2.21. The standard InChI is InChI=1S/C9H11N3O/c1-7(13)12-9(3-4-9)8-10-5-2-6-11-8/h2,5-6H,3-4H2,1H3,(H,12,13). The Morgan fingerprint density at radius 1 is 1.46 bits per heavy atom. The van der Waals surface area contributed by atoms with E-state index in [4.69, 9.17) is 0 Å². The quantitative estimate of drug-likeness (QED) is 0.719. The van der Waals surface area contributed by atoms with Gasteiger partial charge in [-0.1, -0.05) is 0 Å². The van der Waals surface area contributed by atoms with Crippen LogP contribution in [0.25, 0.3) is 0 Å². The second-order valence-electron chi connectivity index (χ2n) is 3.34. The molecule has 1 aliphatic carbocycles. The molecule has 2 rings (SSSR count). The smallest absolute Gasteiger partial charge is 0.217 e. The Bertz CT molecular complexity index is 319. The minimum Gasteiger partial charge on any atom is -0.344 e. The highest BCUT2D eigenvalue weighted by Crippen LogP contribution is 2.43. The van der Waals surface area contributed by atoms with Gasteiger partial charge in [0.25, 0.3) is 0 Å². The van der Waals surface area contributed by atoms with E-state index in [1.807, 2.05) is 0 Å². The molecule has 1 saturated carbocycles. The molecule has 0 aromatic carbocycles. The van der Waals surface area contributed by atoms with E-state index in [0.717, 1.165) is 18.7 Å². The van der Waals surface area contributed by atoms with Crippen LogP contribution >= 0.6 is 0 Å². The van der Waals surface area contributed by atoms with E-state index in [-0.39, 0.29) is 11.4 Å². The molecule has 13 heavy (non-hydrogen) atoms. The van der Waals surface area contributed by atoms with Gasteiger partial charge in [0, 0.05) is 19.3 Å². The van der Waals surface area contributed by atoms with Crippen LogP contribution in [0.4, 0.5) is 0 Å². The van der Waals surface area contributed by atoms with Gasteiger partial charge in [-0.25, -0.2) is 9.97 Å². The fourth-order valence-corrected chi connectivity index (χ4v) is 1.41. The zero-order valence-corrected chi connectivity index (χ0v) is 7.45. The third-order valence-electron chi connectivity index (χ3n) is 2.16. The van der Waals surface area contributed by atoms with Crippen LogP contribution < -0.4 is 5.32 Å². The summed E-state index contributed by atoms with van der Waals surface area (Å²) < 4.78 is 0. The van der Waals surface area contributed by atoms with Crippen LogP contribution in [0.3, 0.4) is 0 Å². The molecular formula is C9H11N3O. The Hall–Kier alpha value is -1.45. The predicted octanol–water partition coefficient (Wildman–Crippen LogP) is 0.602. The second kappa shape index (κ2) is 2.80. The second-order valence-corrected chi connectivity index (χ2v) is 3.34. The van der Waals surface area contributed by atoms with E-state index in [9.17, 15) is 4.79 Å². The molecule has 1 aromatic rings. The van der Waals surface area contributed by atoms with Gasteiger partial charge in [0.2, 0.25) is 5.91 Å². The molecule has 1 N–H and O–H groups in total. The number of nitrogens with zero attached hydrogens (tertiary/aromatic N) is 2. The fourth-order valence-electron chi connectivity index (χ4n) is 1.41. The van der Waals surface area contributed by atoms with Gasteiger partial charge in [-0.15, -0.1) is 0 Å². The summed E-state index contributed by atoms with van der Waals surface area (Å²) in [5.74, 6) is 0.704. The normalized spacial score (nSPS) is 17.9. The van der Waals surface area contributed by atoms with Crippen LogP contribution in [0.15, 0.2) is 18.5 Å². The van der Waals surface area contributed by atoms with E-state index >= 15 is 0 Å². The predicted molar refractivity (Wildman–Crippen MR) is 46.8 cm³/mol. The van der Waals surface area contributed by atoms with Crippen LogP contribution in [-0.4, -0.2) is 15.9 Å². The molecule has 1 aliphatic rings. The Morgan fingerprint density at radius 3 is 2.54 bits per heavy atom. The average molecular weight is 177 g/mol. The van der Waals surface area contributed by atoms with Crippen molar-refractivity contribution in [3.8, 4) is 0 Å². The summed E-state index contributed by atoms with van der Waals surface area (Å²) in [4.78, 5) is 19.2. The molecule has 0 spiro atoms. The number of hydrogen-bond donors (Lipinski definition) is 1. The van der Waals surface area contributed by atoms with Gasteiger partial charge in [-0.3, -0.25) is 4.79 Å². The topological polar surface area (TPSA) is 54.9 Å². The molecule has 1 amide bonds. The largest absolute Gasteiger partial charge is 0.344 e. The van der Waals surface area contributed by atoms with E-state index in [0.29, 0.717) is 0 Å². The Labute approximate surface area is 76.4 Å². The zero-order chi connectivity index (χ0) is 9.31. The lowest BCUT2D eigenvalue weighted by molar-refractivity contribution is -0.120. The molecule has 68 valence electrons. The summed E-state index contributed by atoms with van der Waals surface area (Å²) in [5, 5.41) is 2.88. The van der Waals surface area contributed by atoms with Crippen LogP contribution in [0.1, 0.15) is 25.6 Å². The first kappa shape index (κ1) is 8.16. The first-order valence-electron chi connectivity index (χ1n) is 4.29. The third kappa shape index (κ3) is 1.52. The lowest BCUT2D eigenvalue weighted by Crippen LogP contribution is -2.34. The molecular weight excluding hydrogens is 166 g/mol. The van der Waals surface area contributed by atoms with E-state index in [2.05, 4.69) is 15.3 Å². The van der Waals surface area contributed by atoms with Gasteiger partial charge in [-0.05, 0) is 18.9 Å². The van der Waals surface area contributed by atoms with Crippen molar-refractivity contribution in [2.45, 2.75) is 25.3 Å². The summed E-state index contributed by atoms with van der Waals surface area (Å²) in [5.41, 5.74) is -0.257. The minimum absolute atomic E-state index is 0.0232. The van der Waals surface area contributed by atoms with Gasteiger partial charge in [-0.2, -0.15) is 0 Å². The molecule has 1 fully saturated rings.